The number of hydrogen-bond donors (Lipinski definition) is 1. The summed E-state index contributed by atoms with van der Waals surface area (Å²) in [5, 5.41) is 8.08. The molecular weight excluding hydrogens is 531 g/mol. The van der Waals surface area contributed by atoms with Crippen molar-refractivity contribution in [2.24, 2.45) is 11.8 Å². The molecule has 3 aromatic rings. The number of halogens is 4. The summed E-state index contributed by atoms with van der Waals surface area (Å²) in [6, 6.07) is 12.0. The quantitative estimate of drug-likeness (QED) is 0.375. The maximum absolute atomic E-state index is 14.1. The van der Waals surface area contributed by atoms with Gasteiger partial charge in [-0.3, -0.25) is 4.79 Å². The molecule has 5 rings (SSSR count). The highest BCUT2D eigenvalue weighted by Gasteiger charge is 2.45. The highest BCUT2D eigenvalue weighted by molar-refractivity contribution is 6.31. The summed E-state index contributed by atoms with van der Waals surface area (Å²) in [7, 11) is 1.48. The second kappa shape index (κ2) is 11.1. The van der Waals surface area contributed by atoms with E-state index in [0.29, 0.717) is 18.8 Å². The van der Waals surface area contributed by atoms with E-state index in [9.17, 15) is 18.0 Å². The fraction of sp³-hybridized carbons (Fsp3) is 0.429. The molecule has 39 heavy (non-hydrogen) atoms. The third kappa shape index (κ3) is 5.86. The first-order valence-corrected chi connectivity index (χ1v) is 13.3. The number of fused-ring (bicyclic) bond motifs is 1. The van der Waals surface area contributed by atoms with E-state index in [-0.39, 0.29) is 17.5 Å². The molecule has 2 atom stereocenters. The van der Waals surface area contributed by atoms with Gasteiger partial charge in [0.05, 0.1) is 24.6 Å². The number of methoxy groups -OCH3 is 1. The predicted octanol–water partition coefficient (Wildman–Crippen LogP) is 5.37. The number of aryl methyl sites for hydroxylation is 1. The highest BCUT2D eigenvalue weighted by atomic mass is 35.5. The van der Waals surface area contributed by atoms with E-state index in [2.05, 4.69) is 15.3 Å². The molecule has 3 heterocycles. The van der Waals surface area contributed by atoms with Crippen LogP contribution in [0.4, 0.5) is 18.9 Å². The van der Waals surface area contributed by atoms with E-state index in [0.717, 1.165) is 59.8 Å². The van der Waals surface area contributed by atoms with Crippen LogP contribution in [0.2, 0.25) is 5.02 Å². The summed E-state index contributed by atoms with van der Waals surface area (Å²) >= 11 is 6.19. The summed E-state index contributed by atoms with van der Waals surface area (Å²) in [5.74, 6) is 0.400. The molecule has 1 amide bonds. The lowest BCUT2D eigenvalue weighted by molar-refractivity contribution is -0.143. The molecule has 0 aliphatic carbocycles. The number of nitrogens with one attached hydrogen (secondary N) is 1. The number of nitrogens with zero attached hydrogens (tertiary/aromatic N) is 4. The molecule has 0 spiro atoms. The zero-order valence-electron chi connectivity index (χ0n) is 21.8. The van der Waals surface area contributed by atoms with Crippen LogP contribution in [0.25, 0.3) is 5.69 Å². The Morgan fingerprint density at radius 2 is 1.79 bits per heavy atom. The van der Waals surface area contributed by atoms with Crippen molar-refractivity contribution in [2.75, 3.05) is 51.7 Å². The van der Waals surface area contributed by atoms with Gasteiger partial charge in [0.15, 0.2) is 5.69 Å². The largest absolute Gasteiger partial charge is 0.497 e. The third-order valence-electron chi connectivity index (χ3n) is 7.59. The number of carbonyl (C=O) groups is 1. The minimum Gasteiger partial charge on any atom is -0.497 e. The maximum atomic E-state index is 14.1. The zero-order chi connectivity index (χ0) is 27.7. The SMILES string of the molecule is COc1ccc(-n2ncc(C(=O)N3CC4CN(CCCNc5ccc(C)c(Cl)c5)CC4C3)c2C(F)(F)F)cc1. The van der Waals surface area contributed by atoms with Gasteiger partial charge in [-0.05, 0) is 73.7 Å². The molecule has 0 saturated carbocycles. The molecule has 2 saturated heterocycles. The number of carbonyl (C=O) groups excluding carboxylic acids is 1. The molecule has 208 valence electrons. The smallest absolute Gasteiger partial charge is 0.434 e. The molecule has 2 unspecified atom stereocenters. The summed E-state index contributed by atoms with van der Waals surface area (Å²) in [5.41, 5.74) is 0.762. The highest BCUT2D eigenvalue weighted by Crippen LogP contribution is 2.37. The molecule has 1 aromatic heterocycles. The fourth-order valence-corrected chi connectivity index (χ4v) is 5.72. The molecular formula is C28H31ClF3N5O2. The Morgan fingerprint density at radius 1 is 1.10 bits per heavy atom. The lowest BCUT2D eigenvalue weighted by Crippen LogP contribution is -2.34. The van der Waals surface area contributed by atoms with Gasteiger partial charge in [0.25, 0.3) is 5.91 Å². The van der Waals surface area contributed by atoms with Crippen LogP contribution in [0.15, 0.2) is 48.7 Å². The number of amides is 1. The molecule has 1 N–H and O–H groups in total. The van der Waals surface area contributed by atoms with E-state index >= 15 is 0 Å². The molecule has 11 heteroatoms. The van der Waals surface area contributed by atoms with E-state index in [1.165, 1.54) is 19.2 Å². The minimum atomic E-state index is -4.74. The van der Waals surface area contributed by atoms with Crippen LogP contribution < -0.4 is 10.1 Å². The van der Waals surface area contributed by atoms with Crippen molar-refractivity contribution >= 4 is 23.2 Å². The normalized spacial score (nSPS) is 19.4. The molecule has 2 aromatic carbocycles. The van der Waals surface area contributed by atoms with E-state index in [1.54, 1.807) is 17.0 Å². The second-order valence-electron chi connectivity index (χ2n) is 10.2. The first-order chi connectivity index (χ1) is 18.6. The Hall–Kier alpha value is -3.24. The van der Waals surface area contributed by atoms with E-state index < -0.39 is 23.3 Å². The number of hydrogen-bond acceptors (Lipinski definition) is 5. The Bertz CT molecular complexity index is 1310. The molecule has 2 fully saturated rings. The zero-order valence-corrected chi connectivity index (χ0v) is 22.6. The lowest BCUT2D eigenvalue weighted by atomic mass is 10.0. The van der Waals surface area contributed by atoms with E-state index in [1.807, 2.05) is 25.1 Å². The van der Waals surface area contributed by atoms with Crippen molar-refractivity contribution in [3.05, 3.63) is 70.5 Å². The number of alkyl halides is 3. The molecule has 2 aliphatic heterocycles. The van der Waals surface area contributed by atoms with Gasteiger partial charge in [0.2, 0.25) is 0 Å². The fourth-order valence-electron chi connectivity index (χ4n) is 5.54. The Balaban J connectivity index is 1.17. The number of ether oxygens (including phenoxy) is 1. The molecule has 7 nitrogen and oxygen atoms in total. The summed E-state index contributed by atoms with van der Waals surface area (Å²) in [6.07, 6.45) is -2.76. The average Bonchev–Trinajstić information content (AvgIpc) is 3.62. The average molecular weight is 562 g/mol. The van der Waals surface area contributed by atoms with Crippen LogP contribution in [-0.4, -0.2) is 71.9 Å². The van der Waals surface area contributed by atoms with Crippen molar-refractivity contribution in [3.8, 4) is 11.4 Å². The minimum absolute atomic E-state index is 0.205. The van der Waals surface area contributed by atoms with Gasteiger partial charge in [-0.2, -0.15) is 18.3 Å². The number of rotatable bonds is 8. The van der Waals surface area contributed by atoms with Crippen LogP contribution in [0.5, 0.6) is 5.75 Å². The number of benzene rings is 2. The van der Waals surface area contributed by atoms with E-state index in [4.69, 9.17) is 16.3 Å². The van der Waals surface area contributed by atoms with Gasteiger partial charge < -0.3 is 19.9 Å². The van der Waals surface area contributed by atoms with Gasteiger partial charge in [-0.1, -0.05) is 17.7 Å². The molecule has 2 aliphatic rings. The van der Waals surface area contributed by atoms with Crippen LogP contribution >= 0.6 is 11.6 Å². The summed E-state index contributed by atoms with van der Waals surface area (Å²) < 4.78 is 48.2. The van der Waals surface area contributed by atoms with Crippen molar-refractivity contribution in [1.82, 2.24) is 19.6 Å². The standard InChI is InChI=1S/C28H31ClF3N5O2/c1-18-4-5-21(12-25(18)29)33-10-3-11-35-14-19-16-36(17-20(19)15-35)27(38)24-13-34-37(26(24)28(30,31)32)22-6-8-23(39-2)9-7-22/h4-9,12-13,19-20,33H,3,10-11,14-17H2,1-2H3. The number of aromatic nitrogens is 2. The van der Waals surface area contributed by atoms with Crippen molar-refractivity contribution < 1.29 is 22.7 Å². The van der Waals surface area contributed by atoms with Gasteiger partial charge in [0.1, 0.15) is 5.75 Å². The molecule has 0 radical (unpaired) electrons. The van der Waals surface area contributed by atoms with Gasteiger partial charge in [-0.25, -0.2) is 4.68 Å². The van der Waals surface area contributed by atoms with Crippen LogP contribution in [0.3, 0.4) is 0 Å². The van der Waals surface area contributed by atoms with Crippen LogP contribution in [0.1, 0.15) is 28.0 Å². The Labute approximate surface area is 230 Å². The maximum Gasteiger partial charge on any atom is 0.434 e. The van der Waals surface area contributed by atoms with Crippen LogP contribution in [0, 0.1) is 18.8 Å². The first kappa shape index (κ1) is 27.3. The van der Waals surface area contributed by atoms with Crippen molar-refractivity contribution in [2.45, 2.75) is 19.5 Å². The Morgan fingerprint density at radius 3 is 2.41 bits per heavy atom. The summed E-state index contributed by atoms with van der Waals surface area (Å²) in [4.78, 5) is 17.2. The van der Waals surface area contributed by atoms with Gasteiger partial charge in [0, 0.05) is 43.4 Å². The number of likely N-dealkylation sites (tertiary alicyclic amines) is 2. The van der Waals surface area contributed by atoms with Gasteiger partial charge in [-0.15, -0.1) is 0 Å². The van der Waals surface area contributed by atoms with Gasteiger partial charge >= 0.3 is 6.18 Å². The number of anilines is 1. The Kier molecular flexibility index (Phi) is 7.77. The second-order valence-corrected chi connectivity index (χ2v) is 10.7. The summed E-state index contributed by atoms with van der Waals surface area (Å²) in [6.45, 7) is 6.27. The lowest BCUT2D eigenvalue weighted by Gasteiger charge is -2.22. The van der Waals surface area contributed by atoms with Crippen molar-refractivity contribution in [3.63, 3.8) is 0 Å². The topological polar surface area (TPSA) is 62.6 Å². The third-order valence-corrected chi connectivity index (χ3v) is 7.99. The predicted molar refractivity (Wildman–Crippen MR) is 144 cm³/mol. The molecule has 0 bridgehead atoms. The first-order valence-electron chi connectivity index (χ1n) is 13.0. The van der Waals surface area contributed by atoms with Crippen molar-refractivity contribution in [1.29, 1.82) is 0 Å². The monoisotopic (exact) mass is 561 g/mol. The van der Waals surface area contributed by atoms with Crippen LogP contribution in [-0.2, 0) is 6.18 Å².